The number of anilines is 1. The van der Waals surface area contributed by atoms with Gasteiger partial charge < -0.3 is 4.74 Å². The van der Waals surface area contributed by atoms with E-state index >= 15 is 0 Å². The van der Waals surface area contributed by atoms with Crippen molar-refractivity contribution in [2.24, 2.45) is 10.2 Å². The Balaban J connectivity index is 1.26. The molecule has 0 N–H and O–H groups in total. The van der Waals surface area contributed by atoms with Gasteiger partial charge in [-0.1, -0.05) is 37.7 Å². The van der Waals surface area contributed by atoms with Crippen LogP contribution in [0.1, 0.15) is 36.6 Å². The van der Waals surface area contributed by atoms with Crippen LogP contribution in [0.5, 0.6) is 5.75 Å². The van der Waals surface area contributed by atoms with E-state index in [1.807, 2.05) is 37.3 Å². The highest BCUT2D eigenvalue weighted by Gasteiger charge is 2.32. The number of rotatable bonds is 6. The van der Waals surface area contributed by atoms with Crippen molar-refractivity contribution >= 4 is 56.7 Å². The van der Waals surface area contributed by atoms with Crippen LogP contribution in [0.4, 0.5) is 18.9 Å². The fraction of sp³-hybridized carbons (Fsp3) is 0.194. The van der Waals surface area contributed by atoms with E-state index in [0.29, 0.717) is 33.3 Å². The summed E-state index contributed by atoms with van der Waals surface area (Å²) >= 11 is 1.35. The minimum absolute atomic E-state index is 0.0377. The number of amidine groups is 1. The second-order valence-electron chi connectivity index (χ2n) is 10.3. The van der Waals surface area contributed by atoms with Crippen molar-refractivity contribution in [2.45, 2.75) is 33.1 Å². The molecule has 3 heterocycles. The van der Waals surface area contributed by atoms with Gasteiger partial charge in [-0.25, -0.2) is 9.97 Å². The van der Waals surface area contributed by atoms with Crippen LogP contribution in [-0.4, -0.2) is 43.9 Å². The van der Waals surface area contributed by atoms with Crippen LogP contribution in [0.15, 0.2) is 83.3 Å². The number of imidazole rings is 1. The number of fused-ring (bicyclic) bond motifs is 3. The summed E-state index contributed by atoms with van der Waals surface area (Å²) in [5.74, 6) is 0.194. The topological polar surface area (TPSA) is 85.0 Å². The van der Waals surface area contributed by atoms with Gasteiger partial charge in [0.15, 0.2) is 5.17 Å². The number of ether oxygens (including phenoxy) is 1. The van der Waals surface area contributed by atoms with Gasteiger partial charge in [0.05, 0.1) is 39.9 Å². The third kappa shape index (κ3) is 5.82. The lowest BCUT2D eigenvalue weighted by molar-refractivity contribution is -0.274. The van der Waals surface area contributed by atoms with Crippen LogP contribution >= 0.6 is 11.8 Å². The number of benzene rings is 3. The van der Waals surface area contributed by atoms with E-state index in [9.17, 15) is 18.0 Å². The van der Waals surface area contributed by atoms with E-state index in [1.165, 1.54) is 36.0 Å². The van der Waals surface area contributed by atoms with Crippen LogP contribution in [0.25, 0.3) is 27.6 Å². The molecule has 8 nitrogen and oxygen atoms in total. The maximum Gasteiger partial charge on any atom is 0.573 e. The summed E-state index contributed by atoms with van der Waals surface area (Å²) in [4.78, 5) is 23.7. The zero-order valence-electron chi connectivity index (χ0n) is 23.3. The highest BCUT2D eigenvalue weighted by Crippen LogP contribution is 2.34. The van der Waals surface area contributed by atoms with E-state index in [2.05, 4.69) is 44.8 Å². The minimum atomic E-state index is -4.75. The van der Waals surface area contributed by atoms with Crippen LogP contribution in [-0.2, 0) is 4.79 Å². The second kappa shape index (κ2) is 11.2. The van der Waals surface area contributed by atoms with Crippen LogP contribution < -0.4 is 9.64 Å². The molecule has 3 aromatic carbocycles. The number of pyridine rings is 1. The zero-order chi connectivity index (χ0) is 30.3. The number of amides is 1. The summed E-state index contributed by atoms with van der Waals surface area (Å²) < 4.78 is 43.3. The van der Waals surface area contributed by atoms with Gasteiger partial charge in [-0.05, 0) is 78.6 Å². The number of nitrogens with zero attached hydrogens (tertiary/aromatic N) is 6. The first-order chi connectivity index (χ1) is 20.6. The fourth-order valence-corrected chi connectivity index (χ4v) is 5.75. The normalized spacial score (nSPS) is 15.2. The predicted octanol–water partition coefficient (Wildman–Crippen LogP) is 7.37. The average Bonchev–Trinajstić information content (AvgIpc) is 3.56. The molecule has 0 unspecified atom stereocenters. The number of hydrogen-bond donors (Lipinski definition) is 0. The van der Waals surface area contributed by atoms with Gasteiger partial charge in [-0.3, -0.25) is 14.3 Å². The van der Waals surface area contributed by atoms with Crippen molar-refractivity contribution < 1.29 is 22.7 Å². The van der Waals surface area contributed by atoms with Crippen molar-refractivity contribution in [3.8, 4) is 11.4 Å². The molecule has 0 spiro atoms. The third-order valence-corrected chi connectivity index (χ3v) is 7.81. The molecule has 1 saturated heterocycles. The van der Waals surface area contributed by atoms with Crippen molar-refractivity contribution in [3.63, 3.8) is 0 Å². The maximum atomic E-state index is 12.8. The number of aryl methyl sites for hydroxylation is 1. The van der Waals surface area contributed by atoms with E-state index in [1.54, 1.807) is 28.1 Å². The molecule has 0 aliphatic carbocycles. The first-order valence-corrected chi connectivity index (χ1v) is 14.4. The molecule has 1 aliphatic heterocycles. The van der Waals surface area contributed by atoms with Crippen LogP contribution in [0, 0.1) is 6.92 Å². The van der Waals surface area contributed by atoms with Gasteiger partial charge in [-0.15, -0.1) is 18.3 Å². The van der Waals surface area contributed by atoms with Gasteiger partial charge in [0, 0.05) is 11.1 Å². The molecule has 43 heavy (non-hydrogen) atoms. The first kappa shape index (κ1) is 28.4. The predicted molar refractivity (Wildman–Crippen MR) is 163 cm³/mol. The highest BCUT2D eigenvalue weighted by atomic mass is 32.2. The smallest absolute Gasteiger partial charge is 0.406 e. The van der Waals surface area contributed by atoms with Gasteiger partial charge in [0.2, 0.25) is 5.91 Å². The van der Waals surface area contributed by atoms with Gasteiger partial charge in [-0.2, -0.15) is 5.10 Å². The molecular formula is C31H25F3N6O2S. The van der Waals surface area contributed by atoms with E-state index in [-0.39, 0.29) is 17.6 Å². The Hall–Kier alpha value is -4.71. The Kier molecular flexibility index (Phi) is 7.38. The molecule has 1 amide bonds. The first-order valence-electron chi connectivity index (χ1n) is 13.4. The number of aromatic nitrogens is 3. The van der Waals surface area contributed by atoms with Gasteiger partial charge >= 0.3 is 6.36 Å². The Morgan fingerprint density at radius 2 is 1.84 bits per heavy atom. The summed E-state index contributed by atoms with van der Waals surface area (Å²) in [7, 11) is 0. The molecule has 218 valence electrons. The average molecular weight is 603 g/mol. The standard InChI is InChI=1S/C31H25F3N6O2S/c1-18(2)23-10-4-19(3)14-27(23)40-28(41)16-43-30(40)38-36-15-20-5-11-24-25(37-20)12-13-26-29(24)35-17-39(26)21-6-8-22(9-7-21)42-31(32,33)34/h4-15,17-18H,16H2,1-3H3/b36-15+,38-30+. The summed E-state index contributed by atoms with van der Waals surface area (Å²) in [6.07, 6.45) is -1.60. The minimum Gasteiger partial charge on any atom is -0.406 e. The largest absolute Gasteiger partial charge is 0.573 e. The number of thioether (sulfide) groups is 1. The van der Waals surface area contributed by atoms with E-state index in [4.69, 9.17) is 0 Å². The summed E-state index contributed by atoms with van der Waals surface area (Å²) in [5, 5.41) is 9.95. The van der Waals surface area contributed by atoms with Crippen LogP contribution in [0.3, 0.4) is 0 Å². The zero-order valence-corrected chi connectivity index (χ0v) is 24.1. The molecule has 5 aromatic rings. The molecule has 0 saturated carbocycles. The Bertz CT molecular complexity index is 1920. The second-order valence-corrected chi connectivity index (χ2v) is 11.2. The lowest BCUT2D eigenvalue weighted by Gasteiger charge is -2.21. The van der Waals surface area contributed by atoms with Crippen molar-refractivity contribution in [3.05, 3.63) is 89.9 Å². The quantitative estimate of drug-likeness (QED) is 0.150. The molecule has 0 radical (unpaired) electrons. The van der Waals surface area contributed by atoms with Crippen molar-refractivity contribution in [1.29, 1.82) is 0 Å². The summed E-state index contributed by atoms with van der Waals surface area (Å²) in [6, 6.07) is 19.1. The molecule has 1 fully saturated rings. The van der Waals surface area contributed by atoms with Crippen molar-refractivity contribution in [1.82, 2.24) is 14.5 Å². The summed E-state index contributed by atoms with van der Waals surface area (Å²) in [6.45, 7) is 6.18. The monoisotopic (exact) mass is 602 g/mol. The molecule has 6 rings (SSSR count). The Morgan fingerprint density at radius 1 is 1.05 bits per heavy atom. The van der Waals surface area contributed by atoms with Gasteiger partial charge in [0.25, 0.3) is 0 Å². The molecule has 1 aliphatic rings. The highest BCUT2D eigenvalue weighted by molar-refractivity contribution is 8.15. The lowest BCUT2D eigenvalue weighted by atomic mass is 9.99. The molecular weight excluding hydrogens is 577 g/mol. The number of carbonyl (C=O) groups excluding carboxylic acids is 1. The molecule has 12 heteroatoms. The number of carbonyl (C=O) groups is 1. The van der Waals surface area contributed by atoms with Crippen LogP contribution in [0.2, 0.25) is 0 Å². The van der Waals surface area contributed by atoms with Gasteiger partial charge in [0.1, 0.15) is 12.1 Å². The van der Waals surface area contributed by atoms with E-state index in [0.717, 1.165) is 27.7 Å². The molecule has 2 aromatic heterocycles. The van der Waals surface area contributed by atoms with Crippen molar-refractivity contribution in [2.75, 3.05) is 10.7 Å². The Morgan fingerprint density at radius 3 is 2.58 bits per heavy atom. The number of halogens is 3. The molecule has 0 atom stereocenters. The maximum absolute atomic E-state index is 12.8. The SMILES string of the molecule is Cc1ccc(C(C)C)c(N2C(=O)CS/C2=N/N=C/c2ccc3c(ccc4c3ncn4-c3ccc(OC(F)(F)F)cc3)n2)c1. The summed E-state index contributed by atoms with van der Waals surface area (Å²) in [5.41, 5.74) is 6.32. The Labute approximate surface area is 248 Å². The number of hydrogen-bond acceptors (Lipinski definition) is 7. The lowest BCUT2D eigenvalue weighted by Crippen LogP contribution is -2.30. The molecule has 0 bridgehead atoms. The van der Waals surface area contributed by atoms with E-state index < -0.39 is 6.36 Å². The third-order valence-electron chi connectivity index (χ3n) is 6.90. The fourth-order valence-electron chi connectivity index (χ4n) is 4.93. The number of alkyl halides is 3.